The van der Waals surface area contributed by atoms with Crippen molar-refractivity contribution in [2.75, 3.05) is 5.73 Å². The van der Waals surface area contributed by atoms with E-state index in [1.54, 1.807) is 12.1 Å². The van der Waals surface area contributed by atoms with Gasteiger partial charge in [-0.3, -0.25) is 0 Å². The van der Waals surface area contributed by atoms with Gasteiger partial charge in [0.2, 0.25) is 0 Å². The van der Waals surface area contributed by atoms with Crippen LogP contribution in [0.4, 0.5) is 5.69 Å². The highest BCUT2D eigenvalue weighted by atomic mass is 35.5. The third kappa shape index (κ3) is 2.79. The van der Waals surface area contributed by atoms with E-state index in [4.69, 9.17) is 22.4 Å². The van der Waals surface area contributed by atoms with Crippen LogP contribution >= 0.6 is 24.0 Å². The number of benzene rings is 1. The Morgan fingerprint density at radius 3 is 2.62 bits per heavy atom. The molecule has 0 bridgehead atoms. The number of hydrogen-bond acceptors (Lipinski definition) is 2. The molecule has 72 valence electrons. The summed E-state index contributed by atoms with van der Waals surface area (Å²) in [5.74, 6) is -0.821. The molecule has 0 aromatic heterocycles. The molecule has 3 nitrogen and oxygen atoms in total. The van der Waals surface area contributed by atoms with Gasteiger partial charge in [-0.05, 0) is 23.8 Å². The van der Waals surface area contributed by atoms with Gasteiger partial charge < -0.3 is 10.8 Å². The lowest BCUT2D eigenvalue weighted by Gasteiger charge is -2.02. The zero-order valence-corrected chi connectivity index (χ0v) is 8.23. The Balaban J connectivity index is 0.00000144. The van der Waals surface area contributed by atoms with Crippen LogP contribution in [-0.4, -0.2) is 11.1 Å². The van der Waals surface area contributed by atoms with Gasteiger partial charge in [0.05, 0.1) is 5.56 Å². The fraction of sp³-hybridized carbons (Fsp3) is 0.125. The van der Waals surface area contributed by atoms with Crippen LogP contribution in [0.1, 0.15) is 15.9 Å². The lowest BCUT2D eigenvalue weighted by atomic mass is 10.1. The maximum Gasteiger partial charge on any atom is 0.336 e. The van der Waals surface area contributed by atoms with Gasteiger partial charge in [0.1, 0.15) is 0 Å². The standard InChI is InChI=1S/C8H8ClNO2.ClH/c9-4-5-3-6(10)1-2-7(5)8(11)12;/h1-3H,4,10H2,(H,11,12);1H. The van der Waals surface area contributed by atoms with Crippen molar-refractivity contribution < 1.29 is 9.90 Å². The molecule has 3 N–H and O–H groups in total. The zero-order valence-electron chi connectivity index (χ0n) is 6.66. The van der Waals surface area contributed by atoms with E-state index in [0.29, 0.717) is 11.3 Å². The van der Waals surface area contributed by atoms with Crippen molar-refractivity contribution in [2.45, 2.75) is 5.88 Å². The summed E-state index contributed by atoms with van der Waals surface area (Å²) in [5, 5.41) is 8.69. The number of hydrogen-bond donors (Lipinski definition) is 2. The van der Waals surface area contributed by atoms with Crippen LogP contribution in [0.5, 0.6) is 0 Å². The Kier molecular flexibility index (Phi) is 4.59. The molecule has 0 spiro atoms. The molecule has 0 amide bonds. The summed E-state index contributed by atoms with van der Waals surface area (Å²) in [6, 6.07) is 4.56. The van der Waals surface area contributed by atoms with E-state index < -0.39 is 5.97 Å². The lowest BCUT2D eigenvalue weighted by molar-refractivity contribution is 0.0696. The Morgan fingerprint density at radius 2 is 2.15 bits per heavy atom. The highest BCUT2D eigenvalue weighted by Gasteiger charge is 2.08. The molecule has 0 unspecified atom stereocenters. The van der Waals surface area contributed by atoms with E-state index in [9.17, 15) is 4.79 Å². The number of carbonyl (C=O) groups is 1. The number of anilines is 1. The normalized spacial score (nSPS) is 9.00. The van der Waals surface area contributed by atoms with Crippen molar-refractivity contribution in [1.29, 1.82) is 0 Å². The molecule has 5 heteroatoms. The third-order valence-corrected chi connectivity index (χ3v) is 1.79. The van der Waals surface area contributed by atoms with E-state index >= 15 is 0 Å². The van der Waals surface area contributed by atoms with Gasteiger partial charge in [-0.15, -0.1) is 24.0 Å². The van der Waals surface area contributed by atoms with Crippen LogP contribution in [0.15, 0.2) is 18.2 Å². The maximum atomic E-state index is 10.6. The maximum absolute atomic E-state index is 10.6. The summed E-state index contributed by atoms with van der Waals surface area (Å²) in [6.45, 7) is 0. The molecule has 1 rings (SSSR count). The minimum Gasteiger partial charge on any atom is -0.478 e. The number of nitrogens with two attached hydrogens (primary N) is 1. The third-order valence-electron chi connectivity index (χ3n) is 1.50. The number of carboxylic acid groups (broad SMARTS) is 1. The first-order valence-corrected chi connectivity index (χ1v) is 3.86. The van der Waals surface area contributed by atoms with E-state index in [2.05, 4.69) is 0 Å². The Hall–Kier alpha value is -0.930. The summed E-state index contributed by atoms with van der Waals surface area (Å²) in [4.78, 5) is 10.6. The number of rotatable bonds is 2. The predicted octanol–water partition coefficient (Wildman–Crippen LogP) is 2.13. The smallest absolute Gasteiger partial charge is 0.336 e. The largest absolute Gasteiger partial charge is 0.478 e. The van der Waals surface area contributed by atoms with Gasteiger partial charge in [-0.1, -0.05) is 0 Å². The number of aromatic carboxylic acids is 1. The molecule has 0 fully saturated rings. The molecule has 1 aromatic carbocycles. The van der Waals surface area contributed by atoms with Crippen LogP contribution in [-0.2, 0) is 5.88 Å². The molecule has 0 heterocycles. The molecule has 0 atom stereocenters. The first kappa shape index (κ1) is 12.1. The lowest BCUT2D eigenvalue weighted by Crippen LogP contribution is -2.01. The summed E-state index contributed by atoms with van der Waals surface area (Å²) >= 11 is 5.53. The summed E-state index contributed by atoms with van der Waals surface area (Å²) in [6.07, 6.45) is 0. The monoisotopic (exact) mass is 221 g/mol. The summed E-state index contributed by atoms with van der Waals surface area (Å²) < 4.78 is 0. The second-order valence-electron chi connectivity index (χ2n) is 2.36. The highest BCUT2D eigenvalue weighted by molar-refractivity contribution is 6.17. The van der Waals surface area contributed by atoms with Crippen LogP contribution < -0.4 is 5.73 Å². The van der Waals surface area contributed by atoms with Gasteiger partial charge in [0.25, 0.3) is 0 Å². The molecule has 1 aromatic rings. The van der Waals surface area contributed by atoms with E-state index in [1.165, 1.54) is 6.07 Å². The highest BCUT2D eigenvalue weighted by Crippen LogP contribution is 2.15. The van der Waals surface area contributed by atoms with Gasteiger partial charge in [-0.2, -0.15) is 0 Å². The van der Waals surface area contributed by atoms with E-state index in [0.717, 1.165) is 0 Å². The first-order chi connectivity index (χ1) is 5.65. The first-order valence-electron chi connectivity index (χ1n) is 3.33. The Bertz CT molecular complexity index is 315. The molecule has 0 saturated carbocycles. The average molecular weight is 222 g/mol. The number of alkyl halides is 1. The van der Waals surface area contributed by atoms with Crippen molar-refractivity contribution in [3.05, 3.63) is 29.3 Å². The molecule has 0 aliphatic heterocycles. The number of nitrogen functional groups attached to an aromatic ring is 1. The molecule has 0 radical (unpaired) electrons. The summed E-state index contributed by atoms with van der Waals surface area (Å²) in [7, 11) is 0. The summed E-state index contributed by atoms with van der Waals surface area (Å²) in [5.41, 5.74) is 6.73. The van der Waals surface area contributed by atoms with Gasteiger partial charge in [0, 0.05) is 11.6 Å². The van der Waals surface area contributed by atoms with Crippen molar-refractivity contribution >= 4 is 35.7 Å². The topological polar surface area (TPSA) is 63.3 Å². The van der Waals surface area contributed by atoms with Crippen LogP contribution in [0, 0.1) is 0 Å². The SMILES string of the molecule is Cl.Nc1ccc(C(=O)O)c(CCl)c1. The fourth-order valence-corrected chi connectivity index (χ4v) is 1.15. The number of carboxylic acids is 1. The van der Waals surface area contributed by atoms with Crippen LogP contribution in [0.3, 0.4) is 0 Å². The van der Waals surface area contributed by atoms with Crippen LogP contribution in [0.25, 0.3) is 0 Å². The van der Waals surface area contributed by atoms with Crippen molar-refractivity contribution in [3.63, 3.8) is 0 Å². The van der Waals surface area contributed by atoms with Gasteiger partial charge >= 0.3 is 5.97 Å². The van der Waals surface area contributed by atoms with E-state index in [1.807, 2.05) is 0 Å². The quantitative estimate of drug-likeness (QED) is 0.595. The van der Waals surface area contributed by atoms with Crippen molar-refractivity contribution in [3.8, 4) is 0 Å². The second-order valence-corrected chi connectivity index (χ2v) is 2.62. The van der Waals surface area contributed by atoms with E-state index in [-0.39, 0.29) is 23.9 Å². The van der Waals surface area contributed by atoms with Crippen molar-refractivity contribution in [2.24, 2.45) is 0 Å². The minimum atomic E-state index is -0.981. The van der Waals surface area contributed by atoms with Crippen LogP contribution in [0.2, 0.25) is 0 Å². The molecule has 0 saturated heterocycles. The second kappa shape index (κ2) is 4.94. The van der Waals surface area contributed by atoms with Gasteiger partial charge in [-0.25, -0.2) is 4.79 Å². The molecular weight excluding hydrogens is 213 g/mol. The predicted molar refractivity (Wildman–Crippen MR) is 54.6 cm³/mol. The Labute approximate surface area is 86.9 Å². The Morgan fingerprint density at radius 1 is 1.54 bits per heavy atom. The molecule has 0 aliphatic carbocycles. The zero-order chi connectivity index (χ0) is 9.14. The molecular formula is C8H9Cl2NO2. The molecule has 13 heavy (non-hydrogen) atoms. The van der Waals surface area contributed by atoms with Gasteiger partial charge in [0.15, 0.2) is 0 Å². The number of halogens is 2. The minimum absolute atomic E-state index is 0. The fourth-order valence-electron chi connectivity index (χ4n) is 0.933. The van der Waals surface area contributed by atoms with Crippen molar-refractivity contribution in [1.82, 2.24) is 0 Å². The molecule has 0 aliphatic rings. The average Bonchev–Trinajstić information content (AvgIpc) is 2.03.